The van der Waals surface area contributed by atoms with Crippen LogP contribution in [0.5, 0.6) is 0 Å². The van der Waals surface area contributed by atoms with Crippen LogP contribution >= 0.6 is 0 Å². The summed E-state index contributed by atoms with van der Waals surface area (Å²) < 4.78 is 25.0. The number of rotatable bonds is 5. The van der Waals surface area contributed by atoms with Crippen LogP contribution in [-0.4, -0.2) is 20.7 Å². The fraction of sp³-hybridized carbons (Fsp3) is 1.00. The third-order valence-corrected chi connectivity index (χ3v) is 2.98. The first-order chi connectivity index (χ1) is 5.33. The lowest BCUT2D eigenvalue weighted by atomic mass is 10.2. The molecule has 0 amide bonds. The number of nitrogens with one attached hydrogen (secondary N) is 1. The van der Waals surface area contributed by atoms with E-state index >= 15 is 0 Å². The molecule has 0 saturated carbocycles. The summed E-state index contributed by atoms with van der Waals surface area (Å²) in [6.45, 7) is 8.30. The second kappa shape index (κ2) is 4.82. The summed E-state index contributed by atoms with van der Waals surface area (Å²) in [5.41, 5.74) is 0. The molecule has 74 valence electrons. The van der Waals surface area contributed by atoms with Gasteiger partial charge in [0.05, 0.1) is 5.75 Å². The minimum absolute atomic E-state index is 0.190. The van der Waals surface area contributed by atoms with E-state index in [-0.39, 0.29) is 11.7 Å². The minimum Gasteiger partial charge on any atom is -0.215 e. The van der Waals surface area contributed by atoms with E-state index in [4.69, 9.17) is 0 Å². The zero-order valence-electron chi connectivity index (χ0n) is 8.29. The average molecular weight is 193 g/mol. The van der Waals surface area contributed by atoms with Crippen molar-refractivity contribution in [1.82, 2.24) is 4.72 Å². The topological polar surface area (TPSA) is 46.2 Å². The van der Waals surface area contributed by atoms with E-state index in [0.717, 1.165) is 0 Å². The SMILES string of the molecule is CC(C)CNS(=O)(=O)CC(C)C. The molecule has 0 rings (SSSR count). The molecular weight excluding hydrogens is 174 g/mol. The van der Waals surface area contributed by atoms with Gasteiger partial charge < -0.3 is 0 Å². The lowest BCUT2D eigenvalue weighted by Crippen LogP contribution is -2.31. The molecule has 0 aromatic carbocycles. The van der Waals surface area contributed by atoms with Crippen molar-refractivity contribution in [3.63, 3.8) is 0 Å². The van der Waals surface area contributed by atoms with Gasteiger partial charge in [0.15, 0.2) is 0 Å². The average Bonchev–Trinajstić information content (AvgIpc) is 1.81. The Morgan fingerprint density at radius 3 is 1.92 bits per heavy atom. The van der Waals surface area contributed by atoms with Crippen LogP contribution in [0.1, 0.15) is 27.7 Å². The molecule has 0 aromatic heterocycles. The summed E-state index contributed by atoms with van der Waals surface area (Å²) in [6.07, 6.45) is 0. The normalized spacial score (nSPS) is 12.8. The second-order valence-electron chi connectivity index (χ2n) is 3.92. The zero-order chi connectivity index (χ0) is 9.78. The summed E-state index contributed by atoms with van der Waals surface area (Å²) in [5.74, 6) is 0.779. The molecule has 0 atom stereocenters. The van der Waals surface area contributed by atoms with Gasteiger partial charge in [-0.2, -0.15) is 0 Å². The van der Waals surface area contributed by atoms with Crippen LogP contribution in [0.2, 0.25) is 0 Å². The first-order valence-electron chi connectivity index (χ1n) is 4.31. The fourth-order valence-electron chi connectivity index (χ4n) is 0.791. The van der Waals surface area contributed by atoms with Crippen molar-refractivity contribution in [1.29, 1.82) is 0 Å². The molecule has 0 heterocycles. The van der Waals surface area contributed by atoms with E-state index in [0.29, 0.717) is 12.5 Å². The molecule has 0 unspecified atom stereocenters. The van der Waals surface area contributed by atoms with E-state index in [2.05, 4.69) is 4.72 Å². The van der Waals surface area contributed by atoms with E-state index < -0.39 is 10.0 Å². The van der Waals surface area contributed by atoms with Gasteiger partial charge in [-0.25, -0.2) is 13.1 Å². The fourth-order valence-corrected chi connectivity index (χ4v) is 2.37. The Labute approximate surface area is 75.6 Å². The van der Waals surface area contributed by atoms with Crippen LogP contribution in [0.15, 0.2) is 0 Å². The van der Waals surface area contributed by atoms with Gasteiger partial charge in [0, 0.05) is 6.54 Å². The highest BCUT2D eigenvalue weighted by molar-refractivity contribution is 7.89. The summed E-state index contributed by atoms with van der Waals surface area (Å²) in [4.78, 5) is 0. The van der Waals surface area contributed by atoms with E-state index in [9.17, 15) is 8.42 Å². The highest BCUT2D eigenvalue weighted by Crippen LogP contribution is 1.98. The second-order valence-corrected chi connectivity index (χ2v) is 5.77. The molecular formula is C8H19NO2S. The molecule has 0 aliphatic rings. The smallest absolute Gasteiger partial charge is 0.211 e. The summed E-state index contributed by atoms with van der Waals surface area (Å²) in [7, 11) is -3.03. The lowest BCUT2D eigenvalue weighted by Gasteiger charge is -2.09. The van der Waals surface area contributed by atoms with Crippen LogP contribution in [-0.2, 0) is 10.0 Å². The molecule has 0 saturated heterocycles. The van der Waals surface area contributed by atoms with Crippen LogP contribution < -0.4 is 4.72 Å². The van der Waals surface area contributed by atoms with Crippen LogP contribution in [0, 0.1) is 11.8 Å². The molecule has 0 fully saturated rings. The van der Waals surface area contributed by atoms with Crippen molar-refractivity contribution in [2.75, 3.05) is 12.3 Å². The zero-order valence-corrected chi connectivity index (χ0v) is 9.11. The molecule has 0 radical (unpaired) electrons. The monoisotopic (exact) mass is 193 g/mol. The Balaban J connectivity index is 3.89. The highest BCUT2D eigenvalue weighted by atomic mass is 32.2. The van der Waals surface area contributed by atoms with Crippen LogP contribution in [0.4, 0.5) is 0 Å². The number of sulfonamides is 1. The minimum atomic E-state index is -3.03. The van der Waals surface area contributed by atoms with Gasteiger partial charge in [0.2, 0.25) is 10.0 Å². The molecule has 0 aliphatic heterocycles. The standard InChI is InChI=1S/C8H19NO2S/c1-7(2)5-9-12(10,11)6-8(3)4/h7-9H,5-6H2,1-4H3. The van der Waals surface area contributed by atoms with Gasteiger partial charge in [-0.05, 0) is 11.8 Å². The van der Waals surface area contributed by atoms with E-state index in [1.807, 2.05) is 27.7 Å². The molecule has 4 heteroatoms. The molecule has 12 heavy (non-hydrogen) atoms. The van der Waals surface area contributed by atoms with Crippen LogP contribution in [0.3, 0.4) is 0 Å². The summed E-state index contributed by atoms with van der Waals surface area (Å²) >= 11 is 0. The van der Waals surface area contributed by atoms with E-state index in [1.54, 1.807) is 0 Å². The van der Waals surface area contributed by atoms with Gasteiger partial charge >= 0.3 is 0 Å². The van der Waals surface area contributed by atoms with E-state index in [1.165, 1.54) is 0 Å². The van der Waals surface area contributed by atoms with Gasteiger partial charge in [0.25, 0.3) is 0 Å². The molecule has 0 bridgehead atoms. The Morgan fingerprint density at radius 2 is 1.58 bits per heavy atom. The van der Waals surface area contributed by atoms with Crippen molar-refractivity contribution in [2.45, 2.75) is 27.7 Å². The maximum atomic E-state index is 11.2. The van der Waals surface area contributed by atoms with Crippen molar-refractivity contribution in [3.8, 4) is 0 Å². The van der Waals surface area contributed by atoms with Gasteiger partial charge in [-0.1, -0.05) is 27.7 Å². The summed E-state index contributed by atoms with van der Waals surface area (Å²) in [5, 5.41) is 0. The first kappa shape index (κ1) is 11.9. The molecule has 1 N–H and O–H groups in total. The predicted octanol–water partition coefficient (Wildman–Crippen LogP) is 1.22. The maximum Gasteiger partial charge on any atom is 0.211 e. The Kier molecular flexibility index (Phi) is 4.78. The van der Waals surface area contributed by atoms with Gasteiger partial charge in [-0.3, -0.25) is 0 Å². The van der Waals surface area contributed by atoms with Gasteiger partial charge in [0.1, 0.15) is 0 Å². The van der Waals surface area contributed by atoms with Gasteiger partial charge in [-0.15, -0.1) is 0 Å². The number of hydrogen-bond acceptors (Lipinski definition) is 2. The van der Waals surface area contributed by atoms with Crippen LogP contribution in [0.25, 0.3) is 0 Å². The quantitative estimate of drug-likeness (QED) is 0.713. The highest BCUT2D eigenvalue weighted by Gasteiger charge is 2.12. The van der Waals surface area contributed by atoms with Crippen molar-refractivity contribution >= 4 is 10.0 Å². The first-order valence-corrected chi connectivity index (χ1v) is 5.96. The molecule has 0 aliphatic carbocycles. The predicted molar refractivity (Wildman–Crippen MR) is 51.5 cm³/mol. The van der Waals surface area contributed by atoms with Crippen molar-refractivity contribution in [3.05, 3.63) is 0 Å². The Bertz CT molecular complexity index is 207. The third kappa shape index (κ3) is 6.61. The molecule has 3 nitrogen and oxygen atoms in total. The Morgan fingerprint density at radius 1 is 1.08 bits per heavy atom. The van der Waals surface area contributed by atoms with Crippen molar-refractivity contribution in [2.24, 2.45) is 11.8 Å². The lowest BCUT2D eigenvalue weighted by molar-refractivity contribution is 0.549. The Hall–Kier alpha value is -0.0900. The van der Waals surface area contributed by atoms with Crippen molar-refractivity contribution < 1.29 is 8.42 Å². The largest absolute Gasteiger partial charge is 0.215 e. The maximum absolute atomic E-state index is 11.2. The summed E-state index contributed by atoms with van der Waals surface area (Å²) in [6, 6.07) is 0. The molecule has 0 aromatic rings. The third-order valence-electron chi connectivity index (χ3n) is 1.26. The molecule has 0 spiro atoms. The number of hydrogen-bond donors (Lipinski definition) is 1.